The minimum atomic E-state index is -0.227. The van der Waals surface area contributed by atoms with E-state index in [2.05, 4.69) is 9.97 Å². The Morgan fingerprint density at radius 3 is 3.25 bits per heavy atom. The van der Waals surface area contributed by atoms with Gasteiger partial charge in [-0.25, -0.2) is 0 Å². The molecule has 7 heteroatoms. The van der Waals surface area contributed by atoms with Crippen molar-refractivity contribution in [3.8, 4) is 0 Å². The van der Waals surface area contributed by atoms with E-state index in [1.807, 2.05) is 17.7 Å². The molecule has 2 aromatic heterocycles. The Balaban J connectivity index is 1.87. The summed E-state index contributed by atoms with van der Waals surface area (Å²) in [6.07, 6.45) is 3.60. The van der Waals surface area contributed by atoms with Gasteiger partial charge in [0.25, 0.3) is 5.56 Å². The van der Waals surface area contributed by atoms with Crippen LogP contribution in [0.3, 0.4) is 0 Å². The number of aromatic nitrogens is 3. The molecular weight excluding hydrogens is 260 g/mol. The van der Waals surface area contributed by atoms with Crippen LogP contribution in [0.5, 0.6) is 0 Å². The minimum Gasteiger partial charge on any atom is -0.379 e. The van der Waals surface area contributed by atoms with Gasteiger partial charge in [-0.2, -0.15) is 4.98 Å². The highest BCUT2D eigenvalue weighted by atomic mass is 16.5. The molecule has 7 nitrogen and oxygen atoms in total. The van der Waals surface area contributed by atoms with Crippen LogP contribution < -0.4 is 11.3 Å². The first kappa shape index (κ1) is 13.1. The van der Waals surface area contributed by atoms with E-state index in [9.17, 15) is 4.79 Å². The summed E-state index contributed by atoms with van der Waals surface area (Å²) in [5.41, 5.74) is 5.94. The predicted octanol–water partition coefficient (Wildman–Crippen LogP) is 1.02. The Labute approximate surface area is 115 Å². The molecule has 0 aromatic carbocycles. The van der Waals surface area contributed by atoms with E-state index in [4.69, 9.17) is 15.2 Å². The maximum absolute atomic E-state index is 11.8. The molecule has 20 heavy (non-hydrogen) atoms. The molecule has 3 rings (SSSR count). The molecule has 3 N–H and O–H groups in total. The summed E-state index contributed by atoms with van der Waals surface area (Å²) in [5, 5.41) is 0.524. The van der Waals surface area contributed by atoms with Crippen molar-refractivity contribution in [3.05, 3.63) is 22.6 Å². The fraction of sp³-hybridized carbons (Fsp3) is 0.538. The van der Waals surface area contributed by atoms with Crippen molar-refractivity contribution in [2.24, 2.45) is 0 Å². The summed E-state index contributed by atoms with van der Waals surface area (Å²) in [6.45, 7) is 3.25. The van der Waals surface area contributed by atoms with Crippen molar-refractivity contribution >= 4 is 17.0 Å². The van der Waals surface area contributed by atoms with Crippen molar-refractivity contribution < 1.29 is 9.47 Å². The van der Waals surface area contributed by atoms with E-state index in [1.54, 1.807) is 6.07 Å². The van der Waals surface area contributed by atoms with Gasteiger partial charge in [-0.15, -0.1) is 0 Å². The van der Waals surface area contributed by atoms with Crippen LogP contribution >= 0.6 is 0 Å². The van der Waals surface area contributed by atoms with Gasteiger partial charge in [0.05, 0.1) is 18.1 Å². The smallest absolute Gasteiger partial charge is 0.261 e. The van der Waals surface area contributed by atoms with Gasteiger partial charge in [0.2, 0.25) is 5.95 Å². The molecule has 2 atom stereocenters. The van der Waals surface area contributed by atoms with E-state index >= 15 is 0 Å². The minimum absolute atomic E-state index is 0.0942. The Morgan fingerprint density at radius 2 is 2.45 bits per heavy atom. The van der Waals surface area contributed by atoms with Crippen molar-refractivity contribution in [1.29, 1.82) is 0 Å². The molecule has 0 amide bonds. The lowest BCUT2D eigenvalue weighted by atomic mass is 10.2. The van der Waals surface area contributed by atoms with Crippen molar-refractivity contribution in [3.63, 3.8) is 0 Å². The summed E-state index contributed by atoms with van der Waals surface area (Å²) < 4.78 is 13.2. The number of hydrogen-bond donors (Lipinski definition) is 2. The van der Waals surface area contributed by atoms with Gasteiger partial charge in [0.1, 0.15) is 6.23 Å². The largest absolute Gasteiger partial charge is 0.379 e. The topological polar surface area (TPSA) is 95.2 Å². The maximum Gasteiger partial charge on any atom is 0.261 e. The number of rotatable bonds is 4. The molecule has 1 aliphatic rings. The standard InChI is InChI=1S/C13H18N4O3/c1-2-19-7-8-3-4-10(20-8)17-6-5-9-11(17)15-13(14)16-12(9)18/h5-6,8,10H,2-4,7H2,1H3,(H3,14,15,16,18). The quantitative estimate of drug-likeness (QED) is 0.870. The number of aromatic amines is 1. The van der Waals surface area contributed by atoms with Crippen LogP contribution in [-0.4, -0.2) is 33.9 Å². The number of anilines is 1. The van der Waals surface area contributed by atoms with Gasteiger partial charge < -0.3 is 19.8 Å². The average Bonchev–Trinajstić information content (AvgIpc) is 3.02. The number of fused-ring (bicyclic) bond motifs is 1. The lowest BCUT2D eigenvalue weighted by Crippen LogP contribution is -2.17. The Morgan fingerprint density at radius 1 is 1.60 bits per heavy atom. The zero-order valence-corrected chi connectivity index (χ0v) is 11.3. The molecule has 1 saturated heterocycles. The number of nitrogens with one attached hydrogen (secondary N) is 1. The molecule has 1 aliphatic heterocycles. The molecule has 0 aliphatic carbocycles. The average molecular weight is 278 g/mol. The number of hydrogen-bond acceptors (Lipinski definition) is 5. The van der Waals surface area contributed by atoms with Gasteiger partial charge in [-0.1, -0.05) is 0 Å². The number of ether oxygens (including phenoxy) is 2. The summed E-state index contributed by atoms with van der Waals surface area (Å²) in [4.78, 5) is 18.5. The highest BCUT2D eigenvalue weighted by molar-refractivity contribution is 5.76. The molecule has 108 valence electrons. The third kappa shape index (κ3) is 2.30. The number of nitrogen functional groups attached to an aromatic ring is 1. The van der Waals surface area contributed by atoms with Crippen LogP contribution in [-0.2, 0) is 9.47 Å². The number of H-pyrrole nitrogens is 1. The van der Waals surface area contributed by atoms with Gasteiger partial charge in [0.15, 0.2) is 5.65 Å². The lowest BCUT2D eigenvalue weighted by molar-refractivity contribution is -0.0375. The van der Waals surface area contributed by atoms with E-state index in [-0.39, 0.29) is 23.8 Å². The van der Waals surface area contributed by atoms with E-state index < -0.39 is 0 Å². The zero-order chi connectivity index (χ0) is 14.1. The van der Waals surface area contributed by atoms with Crippen LogP contribution in [0.15, 0.2) is 17.1 Å². The number of nitrogens with two attached hydrogens (primary N) is 1. The Bertz CT molecular complexity index is 663. The van der Waals surface area contributed by atoms with Gasteiger partial charge >= 0.3 is 0 Å². The monoisotopic (exact) mass is 278 g/mol. The van der Waals surface area contributed by atoms with Crippen LogP contribution in [0.4, 0.5) is 5.95 Å². The summed E-state index contributed by atoms with van der Waals surface area (Å²) in [5.74, 6) is 0.117. The molecule has 0 radical (unpaired) electrons. The zero-order valence-electron chi connectivity index (χ0n) is 11.3. The lowest BCUT2D eigenvalue weighted by Gasteiger charge is -2.15. The second-order valence-electron chi connectivity index (χ2n) is 4.86. The summed E-state index contributed by atoms with van der Waals surface area (Å²) >= 11 is 0. The second kappa shape index (κ2) is 5.26. The fourth-order valence-electron chi connectivity index (χ4n) is 2.56. The first-order valence-electron chi connectivity index (χ1n) is 6.78. The molecule has 1 fully saturated rings. The molecule has 0 bridgehead atoms. The van der Waals surface area contributed by atoms with Gasteiger partial charge in [-0.3, -0.25) is 9.78 Å². The van der Waals surface area contributed by atoms with Crippen LogP contribution in [0.1, 0.15) is 26.0 Å². The van der Waals surface area contributed by atoms with Crippen LogP contribution in [0, 0.1) is 0 Å². The third-order valence-electron chi connectivity index (χ3n) is 3.50. The highest BCUT2D eigenvalue weighted by Gasteiger charge is 2.27. The van der Waals surface area contributed by atoms with E-state index in [0.717, 1.165) is 12.8 Å². The van der Waals surface area contributed by atoms with Crippen molar-refractivity contribution in [1.82, 2.24) is 14.5 Å². The van der Waals surface area contributed by atoms with Gasteiger partial charge in [0, 0.05) is 12.8 Å². The Kier molecular flexibility index (Phi) is 3.45. The normalized spacial score (nSPS) is 22.6. The third-order valence-corrected chi connectivity index (χ3v) is 3.50. The SMILES string of the molecule is CCOCC1CCC(n2ccc3c(=O)[nH]c(N)nc32)O1. The maximum atomic E-state index is 11.8. The van der Waals surface area contributed by atoms with Crippen molar-refractivity contribution in [2.75, 3.05) is 18.9 Å². The molecule has 0 saturated carbocycles. The van der Waals surface area contributed by atoms with Crippen LogP contribution in [0.2, 0.25) is 0 Å². The molecule has 2 unspecified atom stereocenters. The number of nitrogens with zero attached hydrogens (tertiary/aromatic N) is 2. The summed E-state index contributed by atoms with van der Waals surface area (Å²) in [6, 6.07) is 1.74. The Hall–Kier alpha value is -1.86. The van der Waals surface area contributed by atoms with Crippen molar-refractivity contribution in [2.45, 2.75) is 32.1 Å². The fourth-order valence-corrected chi connectivity index (χ4v) is 2.56. The first-order chi connectivity index (χ1) is 9.69. The van der Waals surface area contributed by atoms with Crippen LogP contribution in [0.25, 0.3) is 11.0 Å². The predicted molar refractivity (Wildman–Crippen MR) is 74.4 cm³/mol. The summed E-state index contributed by atoms with van der Waals surface area (Å²) in [7, 11) is 0. The first-order valence-corrected chi connectivity index (χ1v) is 6.78. The molecule has 2 aromatic rings. The molecule has 0 spiro atoms. The van der Waals surface area contributed by atoms with E-state index in [0.29, 0.717) is 24.2 Å². The molecule has 3 heterocycles. The highest BCUT2D eigenvalue weighted by Crippen LogP contribution is 2.30. The second-order valence-corrected chi connectivity index (χ2v) is 4.86. The molecular formula is C13H18N4O3. The van der Waals surface area contributed by atoms with Gasteiger partial charge in [-0.05, 0) is 25.8 Å². The van der Waals surface area contributed by atoms with E-state index in [1.165, 1.54) is 0 Å².